The fourth-order valence-corrected chi connectivity index (χ4v) is 4.34. The van der Waals surface area contributed by atoms with Crippen molar-refractivity contribution in [1.82, 2.24) is 19.7 Å². The van der Waals surface area contributed by atoms with Crippen molar-refractivity contribution in [3.05, 3.63) is 83.4 Å². The van der Waals surface area contributed by atoms with Crippen molar-refractivity contribution < 1.29 is 4.79 Å². The molecule has 142 valence electrons. The van der Waals surface area contributed by atoms with Gasteiger partial charge in [-0.25, -0.2) is 9.67 Å². The van der Waals surface area contributed by atoms with Gasteiger partial charge in [0.05, 0.1) is 12.6 Å². The van der Waals surface area contributed by atoms with Gasteiger partial charge in [-0.1, -0.05) is 36.4 Å². The summed E-state index contributed by atoms with van der Waals surface area (Å²) in [7, 11) is 0. The molecule has 3 aromatic rings. The van der Waals surface area contributed by atoms with Gasteiger partial charge in [0.15, 0.2) is 0 Å². The Kier molecular flexibility index (Phi) is 4.43. The van der Waals surface area contributed by atoms with Crippen molar-refractivity contribution in [2.24, 2.45) is 0 Å². The Labute approximate surface area is 165 Å². The molecule has 0 radical (unpaired) electrons. The Balaban J connectivity index is 1.40. The van der Waals surface area contributed by atoms with Crippen LogP contribution in [0.1, 0.15) is 58.8 Å². The molecule has 0 saturated heterocycles. The van der Waals surface area contributed by atoms with E-state index >= 15 is 0 Å². The summed E-state index contributed by atoms with van der Waals surface area (Å²) >= 11 is 0. The Hall–Kier alpha value is -2.95. The molecular formula is C23H24N4O. The van der Waals surface area contributed by atoms with Crippen molar-refractivity contribution in [1.29, 1.82) is 0 Å². The van der Waals surface area contributed by atoms with Crippen LogP contribution in [0.25, 0.3) is 0 Å². The lowest BCUT2D eigenvalue weighted by Crippen LogP contribution is -2.38. The lowest BCUT2D eigenvalue weighted by Gasteiger charge is -2.36. The SMILES string of the molecule is O=C(c1ccc(Cn2cncn2)cc1)N(C1CC1)C1CCCc2ccccc21. The molecule has 5 rings (SSSR count). The quantitative estimate of drug-likeness (QED) is 0.680. The largest absolute Gasteiger partial charge is 0.329 e. The van der Waals surface area contributed by atoms with E-state index in [1.54, 1.807) is 11.0 Å². The lowest BCUT2D eigenvalue weighted by molar-refractivity contribution is 0.0638. The minimum absolute atomic E-state index is 0.163. The summed E-state index contributed by atoms with van der Waals surface area (Å²) in [6.45, 7) is 0.664. The zero-order valence-electron chi connectivity index (χ0n) is 15.9. The van der Waals surface area contributed by atoms with Crippen LogP contribution < -0.4 is 0 Å². The van der Waals surface area contributed by atoms with E-state index in [0.717, 1.165) is 43.2 Å². The molecule has 28 heavy (non-hydrogen) atoms. The highest BCUT2D eigenvalue weighted by molar-refractivity contribution is 5.95. The standard InChI is InChI=1S/C23H24N4O/c28-23(19-10-8-17(9-11-19)14-26-16-24-15-25-26)27(20-12-13-20)22-7-3-5-18-4-1-2-6-21(18)22/h1-2,4,6,8-11,15-16,20,22H,3,5,7,12-14H2. The summed E-state index contributed by atoms with van der Waals surface area (Å²) in [5, 5.41) is 4.14. The average molecular weight is 372 g/mol. The summed E-state index contributed by atoms with van der Waals surface area (Å²) in [5.74, 6) is 0.163. The third-order valence-corrected chi connectivity index (χ3v) is 5.86. The molecule has 1 atom stereocenters. The van der Waals surface area contributed by atoms with Crippen LogP contribution >= 0.6 is 0 Å². The number of carbonyl (C=O) groups is 1. The molecule has 0 bridgehead atoms. The first-order chi connectivity index (χ1) is 13.8. The molecular weight excluding hydrogens is 348 g/mol. The van der Waals surface area contributed by atoms with Crippen LogP contribution in [0.15, 0.2) is 61.2 Å². The van der Waals surface area contributed by atoms with Crippen LogP contribution in [0.2, 0.25) is 0 Å². The molecule has 1 unspecified atom stereocenters. The van der Waals surface area contributed by atoms with Crippen LogP contribution in [-0.2, 0) is 13.0 Å². The van der Waals surface area contributed by atoms with E-state index in [9.17, 15) is 4.79 Å². The van der Waals surface area contributed by atoms with Gasteiger partial charge in [-0.2, -0.15) is 5.10 Å². The van der Waals surface area contributed by atoms with E-state index in [-0.39, 0.29) is 11.9 Å². The molecule has 1 heterocycles. The number of fused-ring (bicyclic) bond motifs is 1. The maximum Gasteiger partial charge on any atom is 0.254 e. The van der Waals surface area contributed by atoms with Crippen LogP contribution in [0.3, 0.4) is 0 Å². The predicted molar refractivity (Wildman–Crippen MR) is 107 cm³/mol. The van der Waals surface area contributed by atoms with Crippen molar-refractivity contribution >= 4 is 5.91 Å². The molecule has 5 nitrogen and oxygen atoms in total. The van der Waals surface area contributed by atoms with Crippen LogP contribution in [0.5, 0.6) is 0 Å². The number of hydrogen-bond donors (Lipinski definition) is 0. The second-order valence-electron chi connectivity index (χ2n) is 7.84. The monoisotopic (exact) mass is 372 g/mol. The number of aryl methyl sites for hydroxylation is 1. The minimum Gasteiger partial charge on any atom is -0.329 e. The van der Waals surface area contributed by atoms with Gasteiger partial charge in [-0.05, 0) is 60.9 Å². The van der Waals surface area contributed by atoms with Gasteiger partial charge in [-0.3, -0.25) is 4.79 Å². The third kappa shape index (κ3) is 3.33. The Morgan fingerprint density at radius 3 is 2.64 bits per heavy atom. The topological polar surface area (TPSA) is 51.0 Å². The highest BCUT2D eigenvalue weighted by atomic mass is 16.2. The number of benzene rings is 2. The number of hydrogen-bond acceptors (Lipinski definition) is 3. The number of amides is 1. The highest BCUT2D eigenvalue weighted by Gasteiger charge is 2.39. The highest BCUT2D eigenvalue weighted by Crippen LogP contribution is 2.41. The van der Waals surface area contributed by atoms with E-state index < -0.39 is 0 Å². The lowest BCUT2D eigenvalue weighted by atomic mass is 9.86. The van der Waals surface area contributed by atoms with Crippen molar-refractivity contribution in [3.8, 4) is 0 Å². The summed E-state index contributed by atoms with van der Waals surface area (Å²) in [6.07, 6.45) is 8.81. The first kappa shape index (κ1) is 17.2. The number of nitrogens with zero attached hydrogens (tertiary/aromatic N) is 4. The average Bonchev–Trinajstić information content (AvgIpc) is 3.44. The van der Waals surface area contributed by atoms with Gasteiger partial charge in [-0.15, -0.1) is 0 Å². The Morgan fingerprint density at radius 1 is 1.07 bits per heavy atom. The molecule has 0 spiro atoms. The summed E-state index contributed by atoms with van der Waals surface area (Å²) in [5.41, 5.74) is 4.64. The van der Waals surface area contributed by atoms with Gasteiger partial charge in [0.2, 0.25) is 0 Å². The zero-order chi connectivity index (χ0) is 18.9. The number of rotatable bonds is 5. The predicted octanol–water partition coefficient (Wildman–Crippen LogP) is 4.01. The van der Waals surface area contributed by atoms with Crippen LogP contribution in [0, 0.1) is 0 Å². The summed E-state index contributed by atoms with van der Waals surface area (Å²) in [6, 6.07) is 17.2. The molecule has 0 N–H and O–H groups in total. The van der Waals surface area contributed by atoms with E-state index in [1.807, 2.05) is 24.3 Å². The number of aromatic nitrogens is 3. The molecule has 0 aliphatic heterocycles. The second-order valence-corrected chi connectivity index (χ2v) is 7.84. The van der Waals surface area contributed by atoms with Crippen LogP contribution in [-0.4, -0.2) is 31.6 Å². The smallest absolute Gasteiger partial charge is 0.254 e. The molecule has 2 aromatic carbocycles. The molecule has 1 saturated carbocycles. The number of carbonyl (C=O) groups excluding carboxylic acids is 1. The summed E-state index contributed by atoms with van der Waals surface area (Å²) < 4.78 is 1.78. The van der Waals surface area contributed by atoms with Gasteiger partial charge < -0.3 is 4.90 Å². The van der Waals surface area contributed by atoms with E-state index in [4.69, 9.17) is 0 Å². The Morgan fingerprint density at radius 2 is 1.89 bits per heavy atom. The zero-order valence-corrected chi connectivity index (χ0v) is 15.9. The molecule has 2 aliphatic carbocycles. The van der Waals surface area contributed by atoms with E-state index in [0.29, 0.717) is 12.6 Å². The van der Waals surface area contributed by atoms with E-state index in [2.05, 4.69) is 39.2 Å². The molecule has 1 fully saturated rings. The van der Waals surface area contributed by atoms with Crippen molar-refractivity contribution in [3.63, 3.8) is 0 Å². The third-order valence-electron chi connectivity index (χ3n) is 5.86. The van der Waals surface area contributed by atoms with Gasteiger partial charge in [0, 0.05) is 11.6 Å². The molecule has 2 aliphatic rings. The van der Waals surface area contributed by atoms with E-state index in [1.165, 1.54) is 17.5 Å². The fraction of sp³-hybridized carbons (Fsp3) is 0.348. The molecule has 1 amide bonds. The fourth-order valence-electron chi connectivity index (χ4n) is 4.34. The molecule has 5 heteroatoms. The Bertz CT molecular complexity index is 961. The minimum atomic E-state index is 0.163. The van der Waals surface area contributed by atoms with Gasteiger partial charge in [0.1, 0.15) is 12.7 Å². The van der Waals surface area contributed by atoms with Crippen LogP contribution in [0.4, 0.5) is 0 Å². The van der Waals surface area contributed by atoms with Crippen molar-refractivity contribution in [2.45, 2.75) is 50.7 Å². The first-order valence-electron chi connectivity index (χ1n) is 10.1. The van der Waals surface area contributed by atoms with Gasteiger partial charge in [0.25, 0.3) is 5.91 Å². The van der Waals surface area contributed by atoms with Gasteiger partial charge >= 0.3 is 0 Å². The normalized spacial score (nSPS) is 18.5. The maximum absolute atomic E-state index is 13.5. The first-order valence-corrected chi connectivity index (χ1v) is 10.1. The second kappa shape index (κ2) is 7.23. The van der Waals surface area contributed by atoms with Crippen molar-refractivity contribution in [2.75, 3.05) is 0 Å². The maximum atomic E-state index is 13.5. The molecule has 1 aromatic heterocycles. The summed E-state index contributed by atoms with van der Waals surface area (Å²) in [4.78, 5) is 19.6.